The molecule has 16 heavy (non-hydrogen) atoms. The van der Waals surface area contributed by atoms with Crippen molar-refractivity contribution < 1.29 is 0 Å². The lowest BCUT2D eigenvalue weighted by atomic mass is 10.1. The smallest absolute Gasteiger partial charge is 0.0415 e. The van der Waals surface area contributed by atoms with Crippen molar-refractivity contribution in [2.24, 2.45) is 0 Å². The van der Waals surface area contributed by atoms with Crippen molar-refractivity contribution in [3.05, 3.63) is 20.8 Å². The molecule has 0 spiro atoms. The van der Waals surface area contributed by atoms with E-state index in [0.717, 1.165) is 6.54 Å². The van der Waals surface area contributed by atoms with Gasteiger partial charge in [-0.25, -0.2) is 0 Å². The summed E-state index contributed by atoms with van der Waals surface area (Å²) in [5, 5.41) is 5.82. The van der Waals surface area contributed by atoms with Crippen LogP contribution in [0.1, 0.15) is 56.9 Å². The molecule has 0 aliphatic carbocycles. The Kier molecular flexibility index (Phi) is 7.33. The average Bonchev–Trinajstić information content (AvgIpc) is 2.70. The molecule has 1 nitrogen and oxygen atoms in total. The summed E-state index contributed by atoms with van der Waals surface area (Å²) in [6.45, 7) is 5.60. The number of unbranched alkanes of at least 4 members (excludes halogenated alkanes) is 2. The Labute approximate surface area is 112 Å². The molecule has 3 heteroatoms. The van der Waals surface area contributed by atoms with E-state index in [2.05, 4.69) is 46.5 Å². The summed E-state index contributed by atoms with van der Waals surface area (Å²) >= 11 is 5.39. The molecular formula is C13H22BrNS. The number of hydrogen-bond donors (Lipinski definition) is 1. The number of rotatable bonds is 8. The molecule has 0 saturated carbocycles. The number of halogens is 1. The Balaban J connectivity index is 2.49. The maximum Gasteiger partial charge on any atom is 0.0415 e. The van der Waals surface area contributed by atoms with Gasteiger partial charge in [0.25, 0.3) is 0 Å². The molecule has 1 rings (SSSR count). The van der Waals surface area contributed by atoms with E-state index in [0.29, 0.717) is 6.04 Å². The van der Waals surface area contributed by atoms with Crippen molar-refractivity contribution in [3.63, 3.8) is 0 Å². The lowest BCUT2D eigenvalue weighted by molar-refractivity contribution is 0.480. The Bertz CT molecular complexity index is 285. The molecule has 0 aliphatic heterocycles. The number of hydrogen-bond acceptors (Lipinski definition) is 2. The van der Waals surface area contributed by atoms with Crippen LogP contribution in [0.15, 0.2) is 15.9 Å². The molecule has 92 valence electrons. The van der Waals surface area contributed by atoms with Gasteiger partial charge in [0, 0.05) is 20.8 Å². The van der Waals surface area contributed by atoms with Crippen molar-refractivity contribution in [1.29, 1.82) is 0 Å². The molecule has 1 aromatic rings. The van der Waals surface area contributed by atoms with Crippen molar-refractivity contribution in [2.75, 3.05) is 6.54 Å². The second-order valence-electron chi connectivity index (χ2n) is 4.17. The van der Waals surface area contributed by atoms with Gasteiger partial charge >= 0.3 is 0 Å². The van der Waals surface area contributed by atoms with Gasteiger partial charge in [0.05, 0.1) is 0 Å². The zero-order valence-corrected chi connectivity index (χ0v) is 12.7. The zero-order chi connectivity index (χ0) is 11.8. The van der Waals surface area contributed by atoms with Gasteiger partial charge < -0.3 is 5.32 Å². The fourth-order valence-electron chi connectivity index (χ4n) is 1.77. The lowest BCUT2D eigenvalue weighted by Gasteiger charge is -2.16. The van der Waals surface area contributed by atoms with E-state index in [1.807, 2.05) is 11.3 Å². The highest BCUT2D eigenvalue weighted by Gasteiger charge is 2.12. The van der Waals surface area contributed by atoms with Gasteiger partial charge in [-0.3, -0.25) is 0 Å². The number of nitrogens with one attached hydrogen (secondary N) is 1. The predicted molar refractivity (Wildman–Crippen MR) is 77.2 cm³/mol. The molecule has 0 amide bonds. The highest BCUT2D eigenvalue weighted by atomic mass is 79.9. The van der Waals surface area contributed by atoms with Crippen LogP contribution < -0.4 is 5.32 Å². The summed E-state index contributed by atoms with van der Waals surface area (Å²) in [6.07, 6.45) is 6.44. The molecule has 0 aliphatic rings. The van der Waals surface area contributed by atoms with Crippen LogP contribution in [0.25, 0.3) is 0 Å². The largest absolute Gasteiger partial charge is 0.309 e. The van der Waals surface area contributed by atoms with E-state index in [-0.39, 0.29) is 0 Å². The monoisotopic (exact) mass is 303 g/mol. The molecule has 0 bridgehead atoms. The fraction of sp³-hybridized carbons (Fsp3) is 0.692. The van der Waals surface area contributed by atoms with E-state index < -0.39 is 0 Å². The van der Waals surface area contributed by atoms with Gasteiger partial charge in [-0.1, -0.05) is 33.1 Å². The Morgan fingerprint density at radius 1 is 1.31 bits per heavy atom. The highest BCUT2D eigenvalue weighted by molar-refractivity contribution is 9.10. The lowest BCUT2D eigenvalue weighted by Crippen LogP contribution is -2.21. The van der Waals surface area contributed by atoms with Crippen molar-refractivity contribution in [1.82, 2.24) is 5.32 Å². The molecular weight excluding hydrogens is 282 g/mol. The standard InChI is InChI=1S/C13H22BrNS/c1-3-5-6-7-12(15-8-4-2)13-9-11(14)10-16-13/h9-10,12,15H,3-8H2,1-2H3. The minimum atomic E-state index is 0.558. The van der Waals surface area contributed by atoms with E-state index in [1.165, 1.54) is 41.5 Å². The van der Waals surface area contributed by atoms with Gasteiger partial charge in [0.15, 0.2) is 0 Å². The average molecular weight is 304 g/mol. The Morgan fingerprint density at radius 2 is 2.12 bits per heavy atom. The molecule has 1 aromatic heterocycles. The summed E-state index contributed by atoms with van der Waals surface area (Å²) < 4.78 is 1.21. The van der Waals surface area contributed by atoms with Crippen molar-refractivity contribution in [3.8, 4) is 0 Å². The third-order valence-electron chi connectivity index (χ3n) is 2.67. The normalized spacial score (nSPS) is 12.9. The van der Waals surface area contributed by atoms with Gasteiger partial charge in [-0.2, -0.15) is 0 Å². The molecule has 0 aromatic carbocycles. The minimum absolute atomic E-state index is 0.558. The van der Waals surface area contributed by atoms with Crippen LogP contribution in [-0.4, -0.2) is 6.54 Å². The fourth-order valence-corrected chi connectivity index (χ4v) is 3.33. The summed E-state index contributed by atoms with van der Waals surface area (Å²) in [4.78, 5) is 1.47. The quantitative estimate of drug-likeness (QED) is 0.656. The summed E-state index contributed by atoms with van der Waals surface area (Å²) in [5.74, 6) is 0. The van der Waals surface area contributed by atoms with E-state index >= 15 is 0 Å². The first-order valence-corrected chi connectivity index (χ1v) is 7.92. The first kappa shape index (κ1) is 14.2. The van der Waals surface area contributed by atoms with E-state index in [9.17, 15) is 0 Å². The van der Waals surface area contributed by atoms with Crippen LogP contribution >= 0.6 is 27.3 Å². The summed E-state index contributed by atoms with van der Waals surface area (Å²) in [5.41, 5.74) is 0. The molecule has 0 saturated heterocycles. The minimum Gasteiger partial charge on any atom is -0.309 e. The van der Waals surface area contributed by atoms with Crippen LogP contribution in [0.4, 0.5) is 0 Å². The van der Waals surface area contributed by atoms with Crippen LogP contribution in [0.3, 0.4) is 0 Å². The maximum absolute atomic E-state index is 3.65. The van der Waals surface area contributed by atoms with Crippen LogP contribution in [0.5, 0.6) is 0 Å². The molecule has 0 radical (unpaired) electrons. The first-order chi connectivity index (χ1) is 7.77. The third kappa shape index (κ3) is 4.98. The van der Waals surface area contributed by atoms with Crippen molar-refractivity contribution in [2.45, 2.75) is 52.0 Å². The number of thiophene rings is 1. The second-order valence-corrected chi connectivity index (χ2v) is 6.03. The Hall–Kier alpha value is 0.140. The molecule has 1 unspecified atom stereocenters. The van der Waals surface area contributed by atoms with Gasteiger partial charge in [0.2, 0.25) is 0 Å². The SMILES string of the molecule is CCCCCC(NCCC)c1cc(Br)cs1. The van der Waals surface area contributed by atoms with Crippen molar-refractivity contribution >= 4 is 27.3 Å². The Morgan fingerprint density at radius 3 is 2.69 bits per heavy atom. The first-order valence-electron chi connectivity index (χ1n) is 6.25. The maximum atomic E-state index is 3.65. The summed E-state index contributed by atoms with van der Waals surface area (Å²) in [7, 11) is 0. The van der Waals surface area contributed by atoms with Gasteiger partial charge in [-0.05, 0) is 41.4 Å². The highest BCUT2D eigenvalue weighted by Crippen LogP contribution is 2.28. The van der Waals surface area contributed by atoms with Crippen LogP contribution in [-0.2, 0) is 0 Å². The molecule has 1 N–H and O–H groups in total. The van der Waals surface area contributed by atoms with E-state index in [4.69, 9.17) is 0 Å². The molecule has 1 heterocycles. The van der Waals surface area contributed by atoms with Gasteiger partial charge in [-0.15, -0.1) is 11.3 Å². The van der Waals surface area contributed by atoms with E-state index in [1.54, 1.807) is 0 Å². The topological polar surface area (TPSA) is 12.0 Å². The van der Waals surface area contributed by atoms with Crippen LogP contribution in [0, 0.1) is 0 Å². The third-order valence-corrected chi connectivity index (χ3v) is 4.48. The second kappa shape index (κ2) is 8.26. The van der Waals surface area contributed by atoms with Gasteiger partial charge in [0.1, 0.15) is 0 Å². The van der Waals surface area contributed by atoms with Crippen LogP contribution in [0.2, 0.25) is 0 Å². The zero-order valence-electron chi connectivity index (χ0n) is 10.3. The summed E-state index contributed by atoms with van der Waals surface area (Å²) in [6, 6.07) is 2.81. The molecule has 0 fully saturated rings. The molecule has 1 atom stereocenters. The predicted octanol–water partition coefficient (Wildman–Crippen LogP) is 5.13.